The van der Waals surface area contributed by atoms with E-state index >= 15 is 0 Å². The van der Waals surface area contributed by atoms with Crippen LogP contribution in [0.3, 0.4) is 0 Å². The minimum atomic E-state index is -0.376. The zero-order chi connectivity index (χ0) is 14.4. The number of carbonyl (C=O) groups excluding carboxylic acids is 1. The molecule has 0 aromatic carbocycles. The highest BCUT2D eigenvalue weighted by Gasteiger charge is 2.08. The molecule has 0 amide bonds. The standard InChI is InChI=1S/C15H17N3O2/c1-11(14-5-3-4-8-16-14)17-10-13-7-6-12(9-18-13)15(19)20-2/h3-9,11,17H,10H2,1-2H3/t11-/m0/s1. The number of rotatable bonds is 5. The normalized spacial score (nSPS) is 11.9. The topological polar surface area (TPSA) is 64.1 Å². The van der Waals surface area contributed by atoms with Crippen LogP contribution >= 0.6 is 0 Å². The van der Waals surface area contributed by atoms with Gasteiger partial charge in [0.1, 0.15) is 0 Å². The molecule has 1 N–H and O–H groups in total. The number of carbonyl (C=O) groups is 1. The Hall–Kier alpha value is -2.27. The van der Waals surface area contributed by atoms with E-state index < -0.39 is 0 Å². The third-order valence-electron chi connectivity index (χ3n) is 2.97. The highest BCUT2D eigenvalue weighted by atomic mass is 16.5. The van der Waals surface area contributed by atoms with Crippen LogP contribution in [0, 0.1) is 0 Å². The molecular weight excluding hydrogens is 254 g/mol. The molecule has 5 heteroatoms. The lowest BCUT2D eigenvalue weighted by Crippen LogP contribution is -2.19. The Labute approximate surface area is 118 Å². The second-order valence-electron chi connectivity index (χ2n) is 4.39. The SMILES string of the molecule is COC(=O)c1ccc(CN[C@@H](C)c2ccccn2)nc1. The maximum Gasteiger partial charge on any atom is 0.339 e. The summed E-state index contributed by atoms with van der Waals surface area (Å²) < 4.78 is 4.63. The maximum absolute atomic E-state index is 11.3. The minimum absolute atomic E-state index is 0.137. The van der Waals surface area contributed by atoms with Gasteiger partial charge in [-0.1, -0.05) is 6.07 Å². The van der Waals surface area contributed by atoms with E-state index in [1.54, 1.807) is 12.3 Å². The number of ether oxygens (including phenoxy) is 1. The van der Waals surface area contributed by atoms with Crippen molar-refractivity contribution in [2.75, 3.05) is 7.11 Å². The highest BCUT2D eigenvalue weighted by molar-refractivity contribution is 5.88. The Bertz CT molecular complexity index is 555. The smallest absolute Gasteiger partial charge is 0.339 e. The van der Waals surface area contributed by atoms with Gasteiger partial charge in [0.05, 0.1) is 24.1 Å². The van der Waals surface area contributed by atoms with Crippen LogP contribution in [0.5, 0.6) is 0 Å². The Morgan fingerprint density at radius 3 is 2.75 bits per heavy atom. The zero-order valence-electron chi connectivity index (χ0n) is 11.5. The Morgan fingerprint density at radius 1 is 1.30 bits per heavy atom. The number of methoxy groups -OCH3 is 1. The molecule has 20 heavy (non-hydrogen) atoms. The molecule has 0 fully saturated rings. The number of nitrogens with one attached hydrogen (secondary N) is 1. The zero-order valence-corrected chi connectivity index (χ0v) is 11.5. The first kappa shape index (κ1) is 14.1. The van der Waals surface area contributed by atoms with Crippen molar-refractivity contribution in [3.05, 3.63) is 59.7 Å². The van der Waals surface area contributed by atoms with Gasteiger partial charge in [-0.3, -0.25) is 9.97 Å². The highest BCUT2D eigenvalue weighted by Crippen LogP contribution is 2.09. The van der Waals surface area contributed by atoms with Gasteiger partial charge in [0.15, 0.2) is 0 Å². The van der Waals surface area contributed by atoms with Gasteiger partial charge in [-0.15, -0.1) is 0 Å². The monoisotopic (exact) mass is 271 g/mol. The number of aromatic nitrogens is 2. The van der Waals surface area contributed by atoms with Gasteiger partial charge in [0.25, 0.3) is 0 Å². The van der Waals surface area contributed by atoms with E-state index in [0.29, 0.717) is 12.1 Å². The average molecular weight is 271 g/mol. The van der Waals surface area contributed by atoms with E-state index in [-0.39, 0.29) is 12.0 Å². The van der Waals surface area contributed by atoms with E-state index in [2.05, 4.69) is 20.0 Å². The van der Waals surface area contributed by atoms with Crippen molar-refractivity contribution in [2.24, 2.45) is 0 Å². The second-order valence-corrected chi connectivity index (χ2v) is 4.39. The van der Waals surface area contributed by atoms with Gasteiger partial charge in [-0.2, -0.15) is 0 Å². The minimum Gasteiger partial charge on any atom is -0.465 e. The van der Waals surface area contributed by atoms with Crippen LogP contribution in [0.4, 0.5) is 0 Å². The molecule has 104 valence electrons. The van der Waals surface area contributed by atoms with Crippen LogP contribution in [-0.4, -0.2) is 23.0 Å². The molecule has 2 rings (SSSR count). The molecule has 2 aromatic heterocycles. The quantitative estimate of drug-likeness (QED) is 0.844. The van der Waals surface area contributed by atoms with Crippen LogP contribution in [-0.2, 0) is 11.3 Å². The fraction of sp³-hybridized carbons (Fsp3) is 0.267. The van der Waals surface area contributed by atoms with Crippen molar-refractivity contribution in [1.82, 2.24) is 15.3 Å². The predicted octanol–water partition coefficient (Wildman–Crippen LogP) is 2.11. The Kier molecular flexibility index (Phi) is 4.79. The largest absolute Gasteiger partial charge is 0.465 e. The number of esters is 1. The molecule has 0 unspecified atom stereocenters. The number of nitrogens with zero attached hydrogens (tertiary/aromatic N) is 2. The summed E-state index contributed by atoms with van der Waals surface area (Å²) in [5, 5.41) is 3.34. The van der Waals surface area contributed by atoms with Crippen molar-refractivity contribution in [3.8, 4) is 0 Å². The molecule has 0 saturated heterocycles. The third-order valence-corrected chi connectivity index (χ3v) is 2.97. The molecule has 0 aliphatic heterocycles. The first-order valence-corrected chi connectivity index (χ1v) is 6.38. The molecule has 0 aliphatic rings. The molecule has 0 saturated carbocycles. The summed E-state index contributed by atoms with van der Waals surface area (Å²) in [4.78, 5) is 19.8. The van der Waals surface area contributed by atoms with Crippen molar-refractivity contribution in [2.45, 2.75) is 19.5 Å². The van der Waals surface area contributed by atoms with E-state index in [9.17, 15) is 4.79 Å². The van der Waals surface area contributed by atoms with Gasteiger partial charge in [-0.05, 0) is 31.2 Å². The van der Waals surface area contributed by atoms with Gasteiger partial charge in [0.2, 0.25) is 0 Å². The molecule has 0 bridgehead atoms. The fourth-order valence-electron chi connectivity index (χ4n) is 1.76. The van der Waals surface area contributed by atoms with Crippen LogP contribution in [0.25, 0.3) is 0 Å². The molecule has 2 aromatic rings. The average Bonchev–Trinajstić information content (AvgIpc) is 2.53. The van der Waals surface area contributed by atoms with E-state index in [0.717, 1.165) is 11.4 Å². The molecular formula is C15H17N3O2. The lowest BCUT2D eigenvalue weighted by Gasteiger charge is -2.12. The first-order valence-electron chi connectivity index (χ1n) is 6.38. The van der Waals surface area contributed by atoms with Gasteiger partial charge in [0, 0.05) is 25.0 Å². The summed E-state index contributed by atoms with van der Waals surface area (Å²) in [5.74, 6) is -0.376. The van der Waals surface area contributed by atoms with Gasteiger partial charge >= 0.3 is 5.97 Å². The fourth-order valence-corrected chi connectivity index (χ4v) is 1.76. The van der Waals surface area contributed by atoms with Crippen molar-refractivity contribution >= 4 is 5.97 Å². The lowest BCUT2D eigenvalue weighted by atomic mass is 10.2. The van der Waals surface area contributed by atoms with Gasteiger partial charge < -0.3 is 10.1 Å². The van der Waals surface area contributed by atoms with Crippen molar-refractivity contribution in [1.29, 1.82) is 0 Å². The lowest BCUT2D eigenvalue weighted by molar-refractivity contribution is 0.0600. The van der Waals surface area contributed by atoms with Crippen molar-refractivity contribution in [3.63, 3.8) is 0 Å². The van der Waals surface area contributed by atoms with Crippen LogP contribution in [0.2, 0.25) is 0 Å². The van der Waals surface area contributed by atoms with Crippen LogP contribution in [0.1, 0.15) is 34.7 Å². The molecule has 5 nitrogen and oxygen atoms in total. The molecule has 0 spiro atoms. The van der Waals surface area contributed by atoms with Crippen molar-refractivity contribution < 1.29 is 9.53 Å². The van der Waals surface area contributed by atoms with Gasteiger partial charge in [-0.25, -0.2) is 4.79 Å². The molecule has 0 radical (unpaired) electrons. The summed E-state index contributed by atoms with van der Waals surface area (Å²) in [6.07, 6.45) is 3.30. The predicted molar refractivity (Wildman–Crippen MR) is 75.1 cm³/mol. The maximum atomic E-state index is 11.3. The summed E-state index contributed by atoms with van der Waals surface area (Å²) in [6.45, 7) is 2.66. The van der Waals surface area contributed by atoms with E-state index in [4.69, 9.17) is 0 Å². The number of pyridine rings is 2. The number of hydrogen-bond acceptors (Lipinski definition) is 5. The summed E-state index contributed by atoms with van der Waals surface area (Å²) in [7, 11) is 1.35. The Balaban J connectivity index is 1.93. The van der Waals surface area contributed by atoms with E-state index in [1.165, 1.54) is 13.3 Å². The van der Waals surface area contributed by atoms with E-state index in [1.807, 2.05) is 31.2 Å². The first-order chi connectivity index (χ1) is 9.70. The second kappa shape index (κ2) is 6.77. The number of hydrogen-bond donors (Lipinski definition) is 1. The molecule has 2 heterocycles. The third kappa shape index (κ3) is 3.61. The molecule has 1 atom stereocenters. The van der Waals surface area contributed by atoms with Crippen LogP contribution in [0.15, 0.2) is 42.7 Å². The molecule has 0 aliphatic carbocycles. The van der Waals surface area contributed by atoms with Crippen LogP contribution < -0.4 is 5.32 Å². The summed E-state index contributed by atoms with van der Waals surface area (Å²) in [6, 6.07) is 9.49. The summed E-state index contributed by atoms with van der Waals surface area (Å²) in [5.41, 5.74) is 2.30. The Morgan fingerprint density at radius 2 is 2.15 bits per heavy atom. The summed E-state index contributed by atoms with van der Waals surface area (Å²) >= 11 is 0.